The van der Waals surface area contributed by atoms with Crippen molar-refractivity contribution in [3.63, 3.8) is 0 Å². The molecule has 0 spiro atoms. The minimum Gasteiger partial charge on any atom is -0.456 e. The third-order valence-corrected chi connectivity index (χ3v) is 12.5. The summed E-state index contributed by atoms with van der Waals surface area (Å²) in [7, 11) is 0. The van der Waals surface area contributed by atoms with Crippen molar-refractivity contribution < 1.29 is 4.42 Å². The van der Waals surface area contributed by atoms with Crippen LogP contribution in [0.2, 0.25) is 0 Å². The molecule has 2 heteroatoms. The van der Waals surface area contributed by atoms with Gasteiger partial charge in [-0.1, -0.05) is 176 Å². The van der Waals surface area contributed by atoms with Gasteiger partial charge in [0.1, 0.15) is 11.2 Å². The van der Waals surface area contributed by atoms with Gasteiger partial charge in [0.05, 0.1) is 11.1 Å². The molecule has 12 rings (SSSR count). The van der Waals surface area contributed by atoms with Gasteiger partial charge >= 0.3 is 0 Å². The van der Waals surface area contributed by atoms with Gasteiger partial charge in [0.2, 0.25) is 0 Å². The lowest BCUT2D eigenvalue weighted by molar-refractivity contribution is 0.669. The van der Waals surface area contributed by atoms with E-state index in [1.54, 1.807) is 0 Å². The zero-order valence-corrected chi connectivity index (χ0v) is 32.2. The fraction of sp³-hybridized carbons (Fsp3) is 0.0175. The predicted octanol–water partition coefficient (Wildman–Crippen LogP) is 15.4. The Morgan fingerprint density at radius 1 is 0.339 bits per heavy atom. The van der Waals surface area contributed by atoms with Crippen molar-refractivity contribution >= 4 is 60.5 Å². The molecule has 0 fully saturated rings. The number of hydrogen-bond acceptors (Lipinski definition) is 2. The van der Waals surface area contributed by atoms with E-state index in [4.69, 9.17) is 4.42 Å². The SMILES string of the molecule is c1ccc(C2(c3ccccc3)c3ccccc3-c3ccc(-c4ccc(N(c5ccc6c(c5)oc5ccccc56)c5cc6ccccc6c6ccccc56)cc4)cc32)cc1. The molecule has 0 atom stereocenters. The molecule has 0 amide bonds. The summed E-state index contributed by atoms with van der Waals surface area (Å²) in [5.74, 6) is 0. The van der Waals surface area contributed by atoms with Gasteiger partial charge in [-0.3, -0.25) is 0 Å². The molecule has 59 heavy (non-hydrogen) atoms. The largest absolute Gasteiger partial charge is 0.456 e. The van der Waals surface area contributed by atoms with Crippen molar-refractivity contribution in [2.24, 2.45) is 0 Å². The van der Waals surface area contributed by atoms with Crippen LogP contribution in [0.5, 0.6) is 0 Å². The number of hydrogen-bond donors (Lipinski definition) is 0. The third kappa shape index (κ3) is 5.06. The molecule has 0 unspecified atom stereocenters. The molecule has 0 saturated carbocycles. The number of nitrogens with zero attached hydrogens (tertiary/aromatic N) is 1. The normalized spacial score (nSPS) is 12.9. The molecule has 0 bridgehead atoms. The highest BCUT2D eigenvalue weighted by atomic mass is 16.3. The van der Waals surface area contributed by atoms with Crippen LogP contribution < -0.4 is 4.90 Å². The molecule has 1 aliphatic rings. The Hall–Kier alpha value is -7.68. The molecular formula is C57H37NO. The summed E-state index contributed by atoms with van der Waals surface area (Å²) >= 11 is 0. The molecule has 10 aromatic carbocycles. The Bertz CT molecular complexity index is 3340. The molecule has 11 aromatic rings. The first-order valence-corrected chi connectivity index (χ1v) is 20.3. The van der Waals surface area contributed by atoms with Gasteiger partial charge in [0, 0.05) is 33.6 Å². The van der Waals surface area contributed by atoms with Gasteiger partial charge in [-0.15, -0.1) is 0 Å². The van der Waals surface area contributed by atoms with Gasteiger partial charge in [-0.2, -0.15) is 0 Å². The van der Waals surface area contributed by atoms with Crippen LogP contribution in [-0.4, -0.2) is 0 Å². The van der Waals surface area contributed by atoms with Gasteiger partial charge in [-0.05, 0) is 103 Å². The lowest BCUT2D eigenvalue weighted by atomic mass is 9.67. The van der Waals surface area contributed by atoms with Crippen LogP contribution >= 0.6 is 0 Å². The van der Waals surface area contributed by atoms with Crippen LogP contribution in [0.15, 0.2) is 229 Å². The first kappa shape index (κ1) is 33.5. The van der Waals surface area contributed by atoms with Crippen LogP contribution in [0.1, 0.15) is 22.3 Å². The Kier molecular flexibility index (Phi) is 7.48. The lowest BCUT2D eigenvalue weighted by Gasteiger charge is -2.34. The molecule has 1 aliphatic carbocycles. The maximum Gasteiger partial charge on any atom is 0.137 e. The van der Waals surface area contributed by atoms with Gasteiger partial charge in [-0.25, -0.2) is 0 Å². The fourth-order valence-corrected chi connectivity index (χ4v) is 9.93. The van der Waals surface area contributed by atoms with Crippen LogP contribution in [0.4, 0.5) is 17.1 Å². The average molecular weight is 752 g/mol. The van der Waals surface area contributed by atoms with E-state index in [9.17, 15) is 0 Å². The smallest absolute Gasteiger partial charge is 0.137 e. The first-order valence-electron chi connectivity index (χ1n) is 20.3. The molecule has 276 valence electrons. The van der Waals surface area contributed by atoms with Crippen LogP contribution in [-0.2, 0) is 5.41 Å². The Morgan fingerprint density at radius 2 is 0.915 bits per heavy atom. The summed E-state index contributed by atoms with van der Waals surface area (Å²) < 4.78 is 6.46. The van der Waals surface area contributed by atoms with Crippen molar-refractivity contribution in [2.45, 2.75) is 5.41 Å². The van der Waals surface area contributed by atoms with Crippen LogP contribution in [0.3, 0.4) is 0 Å². The highest BCUT2D eigenvalue weighted by Crippen LogP contribution is 2.57. The molecule has 1 aromatic heterocycles. The van der Waals surface area contributed by atoms with E-state index < -0.39 is 5.41 Å². The van der Waals surface area contributed by atoms with E-state index in [1.807, 2.05) is 12.1 Å². The fourth-order valence-electron chi connectivity index (χ4n) is 9.93. The minimum atomic E-state index is -0.451. The van der Waals surface area contributed by atoms with Crippen molar-refractivity contribution in [3.05, 3.63) is 247 Å². The summed E-state index contributed by atoms with van der Waals surface area (Å²) in [6.45, 7) is 0. The molecule has 0 aliphatic heterocycles. The molecule has 1 heterocycles. The average Bonchev–Trinajstić information content (AvgIpc) is 3.83. The van der Waals surface area contributed by atoms with E-state index in [2.05, 4.69) is 217 Å². The number of furan rings is 1. The summed E-state index contributed by atoms with van der Waals surface area (Å²) in [6.07, 6.45) is 0. The molecule has 0 saturated heterocycles. The first-order chi connectivity index (χ1) is 29.3. The minimum absolute atomic E-state index is 0.451. The Labute approximate surface area is 342 Å². The Balaban J connectivity index is 1.04. The second-order valence-electron chi connectivity index (χ2n) is 15.6. The number of para-hydroxylation sites is 1. The standard InChI is InChI=1S/C57H37NO/c1-3-16-41(17-4-1)57(42-18-5-2-6-19-42)52-25-13-11-22-47(52)48-33-29-39(35-53(48)57)38-27-30-43(31-28-38)58(44-32-34-51-50-24-12-14-26-55(50)59-56(51)37-44)54-36-40-15-7-8-20-45(40)46-21-9-10-23-49(46)54/h1-37H. The second-order valence-corrected chi connectivity index (χ2v) is 15.6. The highest BCUT2D eigenvalue weighted by Gasteiger charge is 2.46. The monoisotopic (exact) mass is 751 g/mol. The summed E-state index contributed by atoms with van der Waals surface area (Å²) in [5, 5.41) is 7.11. The zero-order valence-electron chi connectivity index (χ0n) is 32.2. The van der Waals surface area contributed by atoms with Crippen molar-refractivity contribution in [1.82, 2.24) is 0 Å². The molecular weight excluding hydrogens is 715 g/mol. The highest BCUT2D eigenvalue weighted by molar-refractivity contribution is 6.15. The summed E-state index contributed by atoms with van der Waals surface area (Å²) in [4.78, 5) is 2.39. The number of rotatable bonds is 6. The quantitative estimate of drug-likeness (QED) is 0.157. The van der Waals surface area contributed by atoms with Crippen molar-refractivity contribution in [3.8, 4) is 22.3 Å². The molecule has 2 nitrogen and oxygen atoms in total. The zero-order chi connectivity index (χ0) is 38.9. The number of benzene rings is 10. The second kappa shape index (κ2) is 13.2. The van der Waals surface area contributed by atoms with E-state index >= 15 is 0 Å². The van der Waals surface area contributed by atoms with Gasteiger partial charge < -0.3 is 9.32 Å². The van der Waals surface area contributed by atoms with E-state index in [-0.39, 0.29) is 0 Å². The third-order valence-electron chi connectivity index (χ3n) is 12.5. The van der Waals surface area contributed by atoms with E-state index in [0.29, 0.717) is 0 Å². The topological polar surface area (TPSA) is 16.4 Å². The van der Waals surface area contributed by atoms with E-state index in [0.717, 1.165) is 39.0 Å². The predicted molar refractivity (Wildman–Crippen MR) is 246 cm³/mol. The van der Waals surface area contributed by atoms with Crippen LogP contribution in [0.25, 0.3) is 65.7 Å². The molecule has 0 radical (unpaired) electrons. The van der Waals surface area contributed by atoms with Crippen LogP contribution in [0, 0.1) is 0 Å². The van der Waals surface area contributed by atoms with Gasteiger partial charge in [0.25, 0.3) is 0 Å². The summed E-state index contributed by atoms with van der Waals surface area (Å²) in [5.41, 5.74) is 14.6. The summed E-state index contributed by atoms with van der Waals surface area (Å²) in [6, 6.07) is 81.8. The number of fused-ring (bicyclic) bond motifs is 9. The maximum atomic E-state index is 6.46. The van der Waals surface area contributed by atoms with E-state index in [1.165, 1.54) is 66.1 Å². The van der Waals surface area contributed by atoms with Crippen molar-refractivity contribution in [2.75, 3.05) is 4.90 Å². The lowest BCUT2D eigenvalue weighted by Crippen LogP contribution is -2.28. The maximum absolute atomic E-state index is 6.46. The van der Waals surface area contributed by atoms with Gasteiger partial charge in [0.15, 0.2) is 0 Å². The number of anilines is 3. The Morgan fingerprint density at radius 3 is 1.69 bits per heavy atom. The van der Waals surface area contributed by atoms with Crippen molar-refractivity contribution in [1.29, 1.82) is 0 Å². The molecule has 0 N–H and O–H groups in total.